The van der Waals surface area contributed by atoms with E-state index >= 15 is 0 Å². The number of carbonyl (C=O) groups is 1. The Balaban J connectivity index is 0. The van der Waals surface area contributed by atoms with Crippen LogP contribution in [0.15, 0.2) is 0 Å². The zero-order valence-corrected chi connectivity index (χ0v) is 25.0. The van der Waals surface area contributed by atoms with Crippen molar-refractivity contribution >= 4 is 17.9 Å². The Bertz CT molecular complexity index is 588. The second kappa shape index (κ2) is 19.7. The van der Waals surface area contributed by atoms with Crippen LogP contribution in [-0.4, -0.2) is 35.0 Å². The summed E-state index contributed by atoms with van der Waals surface area (Å²) in [5.74, 6) is 5.50. The van der Waals surface area contributed by atoms with Gasteiger partial charge in [0.15, 0.2) is 0 Å². The molecular weight excluding hydrogens is 478 g/mol. The van der Waals surface area contributed by atoms with Gasteiger partial charge in [-0.15, -0.1) is 0 Å². The summed E-state index contributed by atoms with van der Waals surface area (Å²) in [7, 11) is 1.00. The smallest absolute Gasteiger partial charge is 0.220 e. The van der Waals surface area contributed by atoms with E-state index in [1.165, 1.54) is 70.6 Å². The third kappa shape index (κ3) is 9.13. The second-order valence-electron chi connectivity index (χ2n) is 11.3. The maximum atomic E-state index is 12.0. The molecule has 4 nitrogen and oxygen atoms in total. The summed E-state index contributed by atoms with van der Waals surface area (Å²) in [5.41, 5.74) is 1.18. The van der Waals surface area contributed by atoms with Crippen LogP contribution in [0.5, 0.6) is 0 Å². The number of carbonyl (C=O) groups excluding carboxylic acids is 1. The molecule has 0 saturated heterocycles. The van der Waals surface area contributed by atoms with Crippen molar-refractivity contribution in [1.82, 2.24) is 5.32 Å². The Morgan fingerprint density at radius 3 is 2.16 bits per heavy atom. The van der Waals surface area contributed by atoms with E-state index in [1.807, 2.05) is 27.7 Å². The molecule has 224 valence electrons. The molecule has 0 radical (unpaired) electrons. The van der Waals surface area contributed by atoms with Crippen molar-refractivity contribution < 1.29 is 14.5 Å². The average molecular weight is 546 g/mol. The molecule has 7 unspecified atom stereocenters. The predicted molar refractivity (Wildman–Crippen MR) is 166 cm³/mol. The minimum atomic E-state index is 0. The maximum Gasteiger partial charge on any atom is 0.220 e. The lowest BCUT2D eigenvalue weighted by Gasteiger charge is -2.60. The molecule has 0 aromatic rings. The fourth-order valence-electron chi connectivity index (χ4n) is 8.71. The standard InChI is InChI=1S/C25H43NO2S.2C2H6.CH4O.2CH4/c1-24-14-4-3-6-18(24)9-11-20-21-12-10-19(25(21,2)15-13-22(20)24)7-5-8-23(27)26-16-17-29-28;3*1-2;;/h18-22,28H,3-17H2,1-2H3,(H,26,27);2*1-2H3;2H,1H3;2*1H4. The van der Waals surface area contributed by atoms with Crippen molar-refractivity contribution in [1.29, 1.82) is 0 Å². The molecular formula is C32H67NO3S. The molecule has 4 saturated carbocycles. The number of amides is 1. The summed E-state index contributed by atoms with van der Waals surface area (Å²) >= 11 is 0.801. The van der Waals surface area contributed by atoms with Crippen LogP contribution in [0.3, 0.4) is 0 Å². The fourth-order valence-corrected chi connectivity index (χ4v) is 8.91. The van der Waals surface area contributed by atoms with Gasteiger partial charge in [0.25, 0.3) is 0 Å². The predicted octanol–water partition coefficient (Wildman–Crippen LogP) is 9.46. The highest BCUT2D eigenvalue weighted by Gasteiger charge is 2.59. The van der Waals surface area contributed by atoms with Gasteiger partial charge in [-0.05, 0) is 117 Å². The molecule has 4 aliphatic rings. The van der Waals surface area contributed by atoms with Gasteiger partial charge in [0, 0.05) is 25.8 Å². The van der Waals surface area contributed by atoms with Crippen molar-refractivity contribution in [2.24, 2.45) is 40.4 Å². The summed E-state index contributed by atoms with van der Waals surface area (Å²) < 4.78 is 8.76. The van der Waals surface area contributed by atoms with Crippen molar-refractivity contribution in [2.75, 3.05) is 19.4 Å². The van der Waals surface area contributed by atoms with Crippen molar-refractivity contribution in [3.63, 3.8) is 0 Å². The Hall–Kier alpha value is -0.260. The summed E-state index contributed by atoms with van der Waals surface area (Å²) in [6, 6.07) is 0. The Labute approximate surface area is 237 Å². The van der Waals surface area contributed by atoms with Gasteiger partial charge in [-0.1, -0.05) is 69.2 Å². The van der Waals surface area contributed by atoms with Gasteiger partial charge >= 0.3 is 0 Å². The zero-order valence-electron chi connectivity index (χ0n) is 24.2. The van der Waals surface area contributed by atoms with Crippen LogP contribution >= 0.6 is 12.0 Å². The molecule has 7 atom stereocenters. The van der Waals surface area contributed by atoms with Crippen LogP contribution in [0.4, 0.5) is 0 Å². The lowest BCUT2D eigenvalue weighted by atomic mass is 9.45. The number of nitrogens with one attached hydrogen (secondary N) is 1. The molecule has 0 aliphatic heterocycles. The summed E-state index contributed by atoms with van der Waals surface area (Å²) in [6.45, 7) is 13.9. The number of hydrogen-bond acceptors (Lipinski definition) is 4. The van der Waals surface area contributed by atoms with Gasteiger partial charge in [0.1, 0.15) is 0 Å². The number of aliphatic hydroxyl groups excluding tert-OH is 1. The van der Waals surface area contributed by atoms with Gasteiger partial charge in [0.05, 0.1) is 0 Å². The van der Waals surface area contributed by atoms with Gasteiger partial charge in [-0.3, -0.25) is 4.79 Å². The number of aliphatic hydroxyl groups is 1. The number of hydrogen-bond donors (Lipinski definition) is 3. The van der Waals surface area contributed by atoms with Crippen LogP contribution in [0.1, 0.15) is 140 Å². The topological polar surface area (TPSA) is 69.6 Å². The van der Waals surface area contributed by atoms with Gasteiger partial charge in [-0.2, -0.15) is 0 Å². The zero-order chi connectivity index (χ0) is 26.5. The van der Waals surface area contributed by atoms with Crippen molar-refractivity contribution in [2.45, 2.75) is 140 Å². The fraction of sp³-hybridized carbons (Fsp3) is 0.969. The van der Waals surface area contributed by atoms with E-state index in [-0.39, 0.29) is 20.8 Å². The average Bonchev–Trinajstić information content (AvgIpc) is 3.24. The van der Waals surface area contributed by atoms with Crippen molar-refractivity contribution in [3.8, 4) is 0 Å². The molecule has 4 rings (SSSR count). The molecule has 4 fully saturated rings. The first-order chi connectivity index (χ1) is 17.0. The highest BCUT2D eigenvalue weighted by Crippen LogP contribution is 2.67. The Morgan fingerprint density at radius 2 is 1.51 bits per heavy atom. The lowest BCUT2D eigenvalue weighted by Crippen LogP contribution is -2.52. The highest BCUT2D eigenvalue weighted by molar-refractivity contribution is 7.93. The molecule has 0 heterocycles. The third-order valence-electron chi connectivity index (χ3n) is 10.3. The van der Waals surface area contributed by atoms with Crippen LogP contribution < -0.4 is 5.32 Å². The van der Waals surface area contributed by atoms with Crippen LogP contribution in [0.2, 0.25) is 0 Å². The monoisotopic (exact) mass is 545 g/mol. The molecule has 4 aliphatic carbocycles. The quantitative estimate of drug-likeness (QED) is 0.220. The van der Waals surface area contributed by atoms with E-state index in [2.05, 4.69) is 19.2 Å². The first kappa shape index (κ1) is 38.9. The molecule has 37 heavy (non-hydrogen) atoms. The minimum absolute atomic E-state index is 0. The molecule has 0 aromatic carbocycles. The Kier molecular flexibility index (Phi) is 20.8. The molecule has 5 heteroatoms. The highest BCUT2D eigenvalue weighted by atomic mass is 32.2. The molecule has 0 spiro atoms. The van der Waals surface area contributed by atoms with E-state index < -0.39 is 0 Å². The SMILES string of the molecule is C.C.CC.CC.CC12CCCCC1CCC1C2CCC2(C)C(CCCC(=O)NCCSO)CCC12.CO. The first-order valence-corrected chi connectivity index (χ1v) is 15.9. The summed E-state index contributed by atoms with van der Waals surface area (Å²) in [5, 5.41) is 9.92. The van der Waals surface area contributed by atoms with Crippen LogP contribution in [-0.2, 0) is 4.79 Å². The number of fused-ring (bicyclic) bond motifs is 5. The van der Waals surface area contributed by atoms with E-state index in [0.29, 0.717) is 29.5 Å². The van der Waals surface area contributed by atoms with E-state index in [0.717, 1.165) is 55.2 Å². The van der Waals surface area contributed by atoms with Gasteiger partial charge in [-0.25, -0.2) is 0 Å². The maximum absolute atomic E-state index is 12.0. The summed E-state index contributed by atoms with van der Waals surface area (Å²) in [4.78, 5) is 12.0. The Morgan fingerprint density at radius 1 is 0.865 bits per heavy atom. The summed E-state index contributed by atoms with van der Waals surface area (Å²) in [6.07, 6.45) is 17.6. The van der Waals surface area contributed by atoms with Crippen LogP contribution in [0.25, 0.3) is 0 Å². The van der Waals surface area contributed by atoms with Gasteiger partial charge < -0.3 is 15.0 Å². The molecule has 0 aromatic heterocycles. The normalized spacial score (nSPS) is 34.9. The minimum Gasteiger partial charge on any atom is -0.400 e. The van der Waals surface area contributed by atoms with E-state index in [9.17, 15) is 4.79 Å². The molecule has 3 N–H and O–H groups in total. The van der Waals surface area contributed by atoms with Crippen molar-refractivity contribution in [3.05, 3.63) is 0 Å². The largest absolute Gasteiger partial charge is 0.400 e. The van der Waals surface area contributed by atoms with Gasteiger partial charge in [0.2, 0.25) is 5.91 Å². The third-order valence-corrected chi connectivity index (χ3v) is 10.6. The first-order valence-electron chi connectivity index (χ1n) is 15.0. The molecule has 1 amide bonds. The van der Waals surface area contributed by atoms with E-state index in [1.54, 1.807) is 0 Å². The van der Waals surface area contributed by atoms with Crippen LogP contribution in [0, 0.1) is 40.4 Å². The lowest BCUT2D eigenvalue weighted by molar-refractivity contribution is -0.121. The molecule has 0 bridgehead atoms. The van der Waals surface area contributed by atoms with E-state index in [4.69, 9.17) is 9.66 Å². The second-order valence-corrected chi connectivity index (χ2v) is 12.0. The number of rotatable bonds is 7.